The number of carbonyl (C=O) groups excluding carboxylic acids is 2. The summed E-state index contributed by atoms with van der Waals surface area (Å²) in [6.07, 6.45) is 6.74. The van der Waals surface area contributed by atoms with Gasteiger partial charge >= 0.3 is 5.97 Å². The number of nitrogens with two attached hydrogens (primary N) is 1. The highest BCUT2D eigenvalue weighted by Crippen LogP contribution is 2.43. The van der Waals surface area contributed by atoms with E-state index in [1.165, 1.54) is 6.07 Å². The number of carboxylic acids is 1. The number of aromatic carboxylic acids is 1. The number of hydrogen-bond donors (Lipinski definition) is 4. The van der Waals surface area contributed by atoms with E-state index in [0.717, 1.165) is 65.7 Å². The van der Waals surface area contributed by atoms with Crippen LogP contribution in [0.15, 0.2) is 53.9 Å². The van der Waals surface area contributed by atoms with Gasteiger partial charge in [0.15, 0.2) is 5.69 Å². The fourth-order valence-corrected chi connectivity index (χ4v) is 7.42. The fraction of sp³-hybridized carbons (Fsp3) is 0.333. The van der Waals surface area contributed by atoms with Crippen LogP contribution >= 0.6 is 11.3 Å². The van der Waals surface area contributed by atoms with E-state index < -0.39 is 17.8 Å². The third-order valence-electron chi connectivity index (χ3n) is 9.00. The SMILES string of the molecule is Cc1cc(CN)ccc1NC(=O)c1cc2c(cc1-c1ccc(C(=O)NC3(C)CCCCCC3)nc1C(=O)O)OCCc1ccsc1-2. The van der Waals surface area contributed by atoms with Gasteiger partial charge < -0.3 is 26.2 Å². The van der Waals surface area contributed by atoms with Gasteiger partial charge in [-0.25, -0.2) is 9.78 Å². The van der Waals surface area contributed by atoms with Crippen LogP contribution in [0.3, 0.4) is 0 Å². The summed E-state index contributed by atoms with van der Waals surface area (Å²) >= 11 is 1.57. The van der Waals surface area contributed by atoms with E-state index in [1.54, 1.807) is 29.5 Å². The van der Waals surface area contributed by atoms with Crippen LogP contribution in [-0.2, 0) is 13.0 Å². The van der Waals surface area contributed by atoms with E-state index in [1.807, 2.05) is 37.4 Å². The minimum atomic E-state index is -1.30. The molecule has 46 heavy (non-hydrogen) atoms. The summed E-state index contributed by atoms with van der Waals surface area (Å²) in [5.41, 5.74) is 10.3. The van der Waals surface area contributed by atoms with Crippen LogP contribution in [0.4, 0.5) is 5.69 Å². The standard InChI is InChI=1S/C36H38N4O5S/c1-21-17-22(20-37)7-9-28(21)39-33(41)26-18-27-30(45-15-11-23-12-16-46-32(23)27)19-25(26)24-8-10-29(38-31(24)35(43)44)34(42)40-36(2)13-5-3-4-6-14-36/h7-10,12,16-19H,3-6,11,13-15,20,37H2,1-2H3,(H,39,41)(H,40,42)(H,43,44). The predicted octanol–water partition coefficient (Wildman–Crippen LogP) is 6.97. The molecular weight excluding hydrogens is 600 g/mol. The Morgan fingerprint density at radius 3 is 2.48 bits per heavy atom. The molecule has 1 fully saturated rings. The number of carbonyl (C=O) groups is 3. The van der Waals surface area contributed by atoms with Crippen LogP contribution in [0.25, 0.3) is 21.6 Å². The molecule has 1 aliphatic carbocycles. The van der Waals surface area contributed by atoms with Crippen LogP contribution in [0.5, 0.6) is 5.75 Å². The van der Waals surface area contributed by atoms with E-state index in [-0.39, 0.29) is 28.1 Å². The monoisotopic (exact) mass is 638 g/mol. The molecule has 0 spiro atoms. The van der Waals surface area contributed by atoms with Crippen molar-refractivity contribution in [3.63, 3.8) is 0 Å². The van der Waals surface area contributed by atoms with Gasteiger partial charge in [0.2, 0.25) is 0 Å². The summed E-state index contributed by atoms with van der Waals surface area (Å²) in [6.45, 7) is 4.75. The Morgan fingerprint density at radius 1 is 0.978 bits per heavy atom. The Kier molecular flexibility index (Phi) is 8.93. The van der Waals surface area contributed by atoms with Gasteiger partial charge in [0.1, 0.15) is 11.4 Å². The van der Waals surface area contributed by atoms with Crippen molar-refractivity contribution < 1.29 is 24.2 Å². The molecule has 1 aliphatic heterocycles. The maximum Gasteiger partial charge on any atom is 0.355 e. The van der Waals surface area contributed by atoms with Gasteiger partial charge in [-0.3, -0.25) is 9.59 Å². The molecule has 2 aliphatic rings. The maximum atomic E-state index is 14.1. The van der Waals surface area contributed by atoms with Gasteiger partial charge in [-0.15, -0.1) is 11.3 Å². The molecule has 2 aromatic heterocycles. The van der Waals surface area contributed by atoms with Crippen molar-refractivity contribution in [2.45, 2.75) is 70.9 Å². The second-order valence-electron chi connectivity index (χ2n) is 12.4. The van der Waals surface area contributed by atoms with E-state index in [9.17, 15) is 19.5 Å². The zero-order valence-electron chi connectivity index (χ0n) is 26.1. The molecule has 0 radical (unpaired) electrons. The summed E-state index contributed by atoms with van der Waals surface area (Å²) in [6, 6.07) is 14.2. The highest BCUT2D eigenvalue weighted by Gasteiger charge is 2.30. The van der Waals surface area contributed by atoms with Crippen molar-refractivity contribution in [1.82, 2.24) is 10.3 Å². The normalized spacial score (nSPS) is 15.4. The van der Waals surface area contributed by atoms with E-state index >= 15 is 0 Å². The van der Waals surface area contributed by atoms with Crippen molar-refractivity contribution in [3.8, 4) is 27.3 Å². The zero-order chi connectivity index (χ0) is 32.4. The van der Waals surface area contributed by atoms with Crippen molar-refractivity contribution in [2.24, 2.45) is 5.73 Å². The van der Waals surface area contributed by atoms with Gasteiger partial charge in [-0.1, -0.05) is 37.8 Å². The number of aryl methyl sites for hydroxylation is 1. The lowest BCUT2D eigenvalue weighted by molar-refractivity contribution is 0.0691. The Balaban J connectivity index is 1.44. The molecule has 6 rings (SSSR count). The first kappa shape index (κ1) is 31.4. The van der Waals surface area contributed by atoms with Crippen molar-refractivity contribution in [3.05, 3.63) is 87.6 Å². The number of amides is 2. The molecular formula is C36H38N4O5S. The van der Waals surface area contributed by atoms with Gasteiger partial charge in [0.05, 0.1) is 6.61 Å². The fourth-order valence-electron chi connectivity index (χ4n) is 6.45. The summed E-state index contributed by atoms with van der Waals surface area (Å²) in [5, 5.41) is 18.5. The van der Waals surface area contributed by atoms with Crippen LogP contribution in [0.2, 0.25) is 0 Å². The predicted molar refractivity (Wildman–Crippen MR) is 180 cm³/mol. The highest BCUT2D eigenvalue weighted by atomic mass is 32.1. The lowest BCUT2D eigenvalue weighted by Crippen LogP contribution is -2.45. The average molecular weight is 639 g/mol. The molecule has 0 bridgehead atoms. The summed E-state index contributed by atoms with van der Waals surface area (Å²) in [4.78, 5) is 45.5. The van der Waals surface area contributed by atoms with Crippen LogP contribution in [0, 0.1) is 6.92 Å². The molecule has 0 unspecified atom stereocenters. The van der Waals surface area contributed by atoms with E-state index in [0.29, 0.717) is 36.6 Å². The van der Waals surface area contributed by atoms with Crippen LogP contribution < -0.4 is 21.1 Å². The number of nitrogens with zero attached hydrogens (tertiary/aromatic N) is 1. The number of pyridine rings is 1. The number of rotatable bonds is 7. The minimum absolute atomic E-state index is 0.0162. The minimum Gasteiger partial charge on any atom is -0.493 e. The number of thiophene rings is 1. The maximum absolute atomic E-state index is 14.1. The molecule has 5 N–H and O–H groups in total. The number of anilines is 1. The Morgan fingerprint density at radius 2 is 1.76 bits per heavy atom. The number of hydrogen-bond acceptors (Lipinski definition) is 7. The summed E-state index contributed by atoms with van der Waals surface area (Å²) < 4.78 is 6.15. The average Bonchev–Trinajstić information content (AvgIpc) is 3.31. The first-order chi connectivity index (χ1) is 22.2. The van der Waals surface area contributed by atoms with Crippen molar-refractivity contribution in [1.29, 1.82) is 0 Å². The van der Waals surface area contributed by atoms with E-state index in [2.05, 4.69) is 21.7 Å². The molecule has 9 nitrogen and oxygen atoms in total. The third-order valence-corrected chi connectivity index (χ3v) is 9.99. The molecule has 4 aromatic rings. The third kappa shape index (κ3) is 6.41. The van der Waals surface area contributed by atoms with Crippen LogP contribution in [-0.4, -0.2) is 40.0 Å². The second-order valence-corrected chi connectivity index (χ2v) is 13.3. The quantitative estimate of drug-likeness (QED) is 0.160. The van der Waals surface area contributed by atoms with Gasteiger partial charge in [-0.2, -0.15) is 0 Å². The largest absolute Gasteiger partial charge is 0.493 e. The molecule has 238 valence electrons. The Bertz CT molecular complexity index is 1820. The van der Waals surface area contributed by atoms with E-state index in [4.69, 9.17) is 10.5 Å². The van der Waals surface area contributed by atoms with Gasteiger partial charge in [0.25, 0.3) is 11.8 Å². The zero-order valence-corrected chi connectivity index (χ0v) is 26.9. The van der Waals surface area contributed by atoms with Gasteiger partial charge in [-0.05, 0) is 85.2 Å². The van der Waals surface area contributed by atoms with Gasteiger partial charge in [0, 0.05) is 51.3 Å². The smallest absolute Gasteiger partial charge is 0.355 e. The molecule has 0 atom stereocenters. The number of carboxylic acid groups (broad SMARTS) is 1. The number of benzene rings is 2. The Hall–Kier alpha value is -4.54. The number of ether oxygens (including phenoxy) is 1. The molecule has 2 aromatic carbocycles. The second kappa shape index (κ2) is 13.1. The van der Waals surface area contributed by atoms with Crippen LogP contribution in [0.1, 0.15) is 93.5 Å². The number of aromatic nitrogens is 1. The molecule has 1 saturated carbocycles. The Labute approximate surface area is 272 Å². The van der Waals surface area contributed by atoms with Crippen molar-refractivity contribution in [2.75, 3.05) is 11.9 Å². The lowest BCUT2D eigenvalue weighted by Gasteiger charge is -2.29. The highest BCUT2D eigenvalue weighted by molar-refractivity contribution is 7.13. The molecule has 10 heteroatoms. The summed E-state index contributed by atoms with van der Waals surface area (Å²) in [5.74, 6) is -1.58. The molecule has 3 heterocycles. The topological polar surface area (TPSA) is 144 Å². The number of nitrogens with one attached hydrogen (secondary N) is 2. The molecule has 2 amide bonds. The lowest BCUT2D eigenvalue weighted by atomic mass is 9.92. The first-order valence-electron chi connectivity index (χ1n) is 15.7. The first-order valence-corrected chi connectivity index (χ1v) is 16.6. The number of fused-ring (bicyclic) bond motifs is 3. The van der Waals surface area contributed by atoms with Crippen molar-refractivity contribution >= 4 is 34.8 Å². The molecule has 0 saturated heterocycles. The summed E-state index contributed by atoms with van der Waals surface area (Å²) in [7, 11) is 0.